The number of nitrogen functional groups attached to an aromatic ring is 1. The standard InChI is InChI=1S/C28H31F3N6O4/c1-14(15-3-4-15)36-13-17-11-16(12-20(21(17)26(36)39)41-28(29,30)31)19-7-10-37-24(34-19)22(23(32)35-37)25(38)33-18-5-8-27(2,40)9-6-18/h7,10-12,14-15,18,40H,3-6,8-9,13H2,1-2H3,(H2,32,35)(H,33,38)/t14-,18?,27?/m0/s1. The monoisotopic (exact) mass is 572 g/mol. The topological polar surface area (TPSA) is 135 Å². The number of rotatable bonds is 6. The number of carbonyl (C=O) groups excluding carboxylic acids is 2. The number of aromatic nitrogens is 3. The van der Waals surface area contributed by atoms with Gasteiger partial charge in [0.05, 0.1) is 16.9 Å². The van der Waals surface area contributed by atoms with Crippen LogP contribution in [0.3, 0.4) is 0 Å². The molecule has 2 aliphatic carbocycles. The maximum Gasteiger partial charge on any atom is 0.573 e. The number of aliphatic hydroxyl groups is 1. The fraction of sp³-hybridized carbons (Fsp3) is 0.500. The number of alkyl halides is 3. The number of anilines is 1. The van der Waals surface area contributed by atoms with Gasteiger partial charge in [-0.25, -0.2) is 9.50 Å². The number of nitrogens with zero attached hydrogens (tertiary/aromatic N) is 4. The van der Waals surface area contributed by atoms with E-state index in [1.165, 1.54) is 10.7 Å². The summed E-state index contributed by atoms with van der Waals surface area (Å²) in [4.78, 5) is 32.6. The second kappa shape index (κ2) is 9.61. The molecule has 2 amide bonds. The van der Waals surface area contributed by atoms with E-state index in [4.69, 9.17) is 5.73 Å². The van der Waals surface area contributed by atoms with Crippen molar-refractivity contribution in [2.24, 2.45) is 5.92 Å². The van der Waals surface area contributed by atoms with E-state index in [0.717, 1.165) is 18.9 Å². The summed E-state index contributed by atoms with van der Waals surface area (Å²) in [5.74, 6) is -1.25. The Kier molecular flexibility index (Phi) is 6.40. The van der Waals surface area contributed by atoms with Crippen molar-refractivity contribution in [2.45, 2.75) is 83.0 Å². The van der Waals surface area contributed by atoms with Crippen molar-refractivity contribution in [1.82, 2.24) is 24.8 Å². The van der Waals surface area contributed by atoms with Crippen LogP contribution in [0.15, 0.2) is 24.4 Å². The van der Waals surface area contributed by atoms with E-state index in [0.29, 0.717) is 42.7 Å². The van der Waals surface area contributed by atoms with E-state index in [2.05, 4.69) is 20.1 Å². The minimum Gasteiger partial charge on any atom is -0.405 e. The molecule has 1 aliphatic heterocycles. The van der Waals surface area contributed by atoms with Crippen LogP contribution < -0.4 is 15.8 Å². The molecule has 0 saturated heterocycles. The second-order valence-corrected chi connectivity index (χ2v) is 11.7. The molecule has 1 aromatic carbocycles. The highest BCUT2D eigenvalue weighted by atomic mass is 19.4. The highest BCUT2D eigenvalue weighted by molar-refractivity contribution is 6.05. The third-order valence-corrected chi connectivity index (χ3v) is 8.45. The molecular weight excluding hydrogens is 541 g/mol. The Morgan fingerprint density at radius 2 is 1.95 bits per heavy atom. The molecule has 3 heterocycles. The van der Waals surface area contributed by atoms with Crippen molar-refractivity contribution in [3.05, 3.63) is 41.1 Å². The number of nitrogens with two attached hydrogens (primary N) is 1. The maximum atomic E-state index is 13.4. The van der Waals surface area contributed by atoms with Gasteiger partial charge in [0, 0.05) is 30.4 Å². The number of amides is 2. The van der Waals surface area contributed by atoms with Crippen molar-refractivity contribution in [1.29, 1.82) is 0 Å². The summed E-state index contributed by atoms with van der Waals surface area (Å²) in [5, 5.41) is 17.3. The van der Waals surface area contributed by atoms with Gasteiger partial charge in [0.1, 0.15) is 11.3 Å². The Morgan fingerprint density at radius 1 is 1.24 bits per heavy atom. The molecule has 218 valence electrons. The van der Waals surface area contributed by atoms with Gasteiger partial charge in [0.2, 0.25) is 0 Å². The van der Waals surface area contributed by atoms with E-state index in [1.807, 2.05) is 6.92 Å². The number of halogens is 3. The first-order chi connectivity index (χ1) is 19.3. The van der Waals surface area contributed by atoms with Gasteiger partial charge in [-0.1, -0.05) is 0 Å². The molecule has 0 spiro atoms. The largest absolute Gasteiger partial charge is 0.573 e. The zero-order chi connectivity index (χ0) is 29.3. The molecule has 6 rings (SSSR count). The van der Waals surface area contributed by atoms with Crippen LogP contribution in [0.1, 0.15) is 78.7 Å². The van der Waals surface area contributed by atoms with E-state index in [-0.39, 0.29) is 46.9 Å². The summed E-state index contributed by atoms with van der Waals surface area (Å²) in [5.41, 5.74) is 6.39. The van der Waals surface area contributed by atoms with Crippen LogP contribution in [0.25, 0.3) is 16.9 Å². The minimum atomic E-state index is -5.00. The van der Waals surface area contributed by atoms with Crippen LogP contribution in [0.2, 0.25) is 0 Å². The zero-order valence-electron chi connectivity index (χ0n) is 22.7. The fourth-order valence-electron chi connectivity index (χ4n) is 5.92. The lowest BCUT2D eigenvalue weighted by atomic mass is 9.83. The molecule has 2 aromatic heterocycles. The molecule has 1 atom stereocenters. The van der Waals surface area contributed by atoms with Gasteiger partial charge in [-0.05, 0) is 82.1 Å². The molecule has 13 heteroatoms. The van der Waals surface area contributed by atoms with Crippen LogP contribution in [-0.2, 0) is 6.54 Å². The van der Waals surface area contributed by atoms with Gasteiger partial charge in [0.25, 0.3) is 11.8 Å². The summed E-state index contributed by atoms with van der Waals surface area (Å²) < 4.78 is 45.9. The molecule has 4 N–H and O–H groups in total. The Hall–Kier alpha value is -3.87. The number of benzene rings is 1. The number of nitrogens with one attached hydrogen (secondary N) is 1. The Labute approximate surface area is 233 Å². The van der Waals surface area contributed by atoms with Crippen molar-refractivity contribution in [3.63, 3.8) is 0 Å². The first-order valence-corrected chi connectivity index (χ1v) is 13.7. The van der Waals surface area contributed by atoms with Crippen LogP contribution in [0, 0.1) is 5.92 Å². The van der Waals surface area contributed by atoms with Crippen LogP contribution in [-0.4, -0.2) is 60.5 Å². The Morgan fingerprint density at radius 3 is 2.61 bits per heavy atom. The van der Waals surface area contributed by atoms with Gasteiger partial charge in [0.15, 0.2) is 11.5 Å². The SMILES string of the molecule is C[C@@H](C1CC1)N1Cc2cc(-c3ccn4nc(N)c(C(=O)NC5CCC(C)(O)CC5)c4n3)cc(OC(F)(F)F)c2C1=O. The van der Waals surface area contributed by atoms with E-state index in [9.17, 15) is 27.9 Å². The van der Waals surface area contributed by atoms with Crippen LogP contribution in [0.4, 0.5) is 19.0 Å². The molecule has 0 unspecified atom stereocenters. The van der Waals surface area contributed by atoms with Crippen LogP contribution in [0.5, 0.6) is 5.75 Å². The molecule has 2 fully saturated rings. The third kappa shape index (κ3) is 5.30. The van der Waals surface area contributed by atoms with Gasteiger partial charge < -0.3 is 25.8 Å². The summed E-state index contributed by atoms with van der Waals surface area (Å²) in [7, 11) is 0. The summed E-state index contributed by atoms with van der Waals surface area (Å²) in [6.07, 6.45) is 0.771. The first-order valence-electron chi connectivity index (χ1n) is 13.7. The predicted octanol–water partition coefficient (Wildman–Crippen LogP) is 4.05. The smallest absolute Gasteiger partial charge is 0.405 e. The van der Waals surface area contributed by atoms with Crippen LogP contribution >= 0.6 is 0 Å². The average Bonchev–Trinajstić information content (AvgIpc) is 3.61. The molecule has 3 aliphatic rings. The lowest BCUT2D eigenvalue weighted by Crippen LogP contribution is -2.42. The highest BCUT2D eigenvalue weighted by Crippen LogP contribution is 2.42. The zero-order valence-corrected chi connectivity index (χ0v) is 22.7. The van der Waals surface area contributed by atoms with Gasteiger partial charge >= 0.3 is 6.36 Å². The van der Waals surface area contributed by atoms with Gasteiger partial charge in [-0.3, -0.25) is 9.59 Å². The van der Waals surface area contributed by atoms with Crippen molar-refractivity contribution >= 4 is 23.3 Å². The number of hydrogen-bond donors (Lipinski definition) is 3. The van der Waals surface area contributed by atoms with Crippen molar-refractivity contribution < 1.29 is 32.6 Å². The fourth-order valence-corrected chi connectivity index (χ4v) is 5.92. The van der Waals surface area contributed by atoms with E-state index >= 15 is 0 Å². The normalized spacial score (nSPS) is 23.5. The minimum absolute atomic E-state index is 0.0414. The maximum absolute atomic E-state index is 13.4. The second-order valence-electron chi connectivity index (χ2n) is 11.7. The molecule has 10 nitrogen and oxygen atoms in total. The average molecular weight is 573 g/mol. The first kappa shape index (κ1) is 27.3. The third-order valence-electron chi connectivity index (χ3n) is 8.45. The summed E-state index contributed by atoms with van der Waals surface area (Å²) >= 11 is 0. The number of fused-ring (bicyclic) bond motifs is 2. The highest BCUT2D eigenvalue weighted by Gasteiger charge is 2.42. The lowest BCUT2D eigenvalue weighted by Gasteiger charge is -2.33. The molecule has 0 radical (unpaired) electrons. The predicted molar refractivity (Wildman–Crippen MR) is 142 cm³/mol. The number of ether oxygens (including phenoxy) is 1. The van der Waals surface area contributed by atoms with Gasteiger partial charge in [-0.15, -0.1) is 18.3 Å². The van der Waals surface area contributed by atoms with Gasteiger partial charge in [-0.2, -0.15) is 0 Å². The Balaban J connectivity index is 1.35. The lowest BCUT2D eigenvalue weighted by molar-refractivity contribution is -0.274. The van der Waals surface area contributed by atoms with E-state index in [1.54, 1.807) is 24.0 Å². The molecule has 0 bridgehead atoms. The molecule has 41 heavy (non-hydrogen) atoms. The van der Waals surface area contributed by atoms with E-state index < -0.39 is 29.5 Å². The molecular formula is C28H31F3N6O4. The Bertz CT molecular complexity index is 1540. The van der Waals surface area contributed by atoms with Crippen molar-refractivity contribution in [3.8, 4) is 17.0 Å². The van der Waals surface area contributed by atoms with Crippen molar-refractivity contribution in [2.75, 3.05) is 5.73 Å². The molecule has 2 saturated carbocycles. The quantitative estimate of drug-likeness (QED) is 0.406. The number of hydrogen-bond acceptors (Lipinski definition) is 7. The summed E-state index contributed by atoms with van der Waals surface area (Å²) in [6, 6.07) is 4.09. The summed E-state index contributed by atoms with van der Waals surface area (Å²) in [6.45, 7) is 3.84. The number of carbonyl (C=O) groups is 2. The molecule has 3 aromatic rings.